The van der Waals surface area contributed by atoms with Gasteiger partial charge < -0.3 is 9.84 Å². The summed E-state index contributed by atoms with van der Waals surface area (Å²) in [7, 11) is 14.8. The van der Waals surface area contributed by atoms with E-state index in [2.05, 4.69) is 31.9 Å². The Morgan fingerprint density at radius 3 is 1.69 bits per heavy atom. The van der Waals surface area contributed by atoms with Crippen molar-refractivity contribution in [2.45, 2.75) is 0 Å². The van der Waals surface area contributed by atoms with Crippen LogP contribution in [0.25, 0.3) is 0 Å². The highest BCUT2D eigenvalue weighted by Gasteiger charge is 2.13. The van der Waals surface area contributed by atoms with E-state index in [0.29, 0.717) is 22.4 Å². The van der Waals surface area contributed by atoms with E-state index in [4.69, 9.17) is 34.9 Å². The van der Waals surface area contributed by atoms with Gasteiger partial charge in [-0.2, -0.15) is 0 Å². The number of ketones is 1. The molecule has 0 spiro atoms. The van der Waals surface area contributed by atoms with Crippen molar-refractivity contribution in [3.63, 3.8) is 0 Å². The molecule has 0 aliphatic rings. The van der Waals surface area contributed by atoms with Crippen LogP contribution in [0.2, 0.25) is 0 Å². The van der Waals surface area contributed by atoms with Crippen LogP contribution in [0.3, 0.4) is 0 Å². The third-order valence-corrected chi connectivity index (χ3v) is 5.29. The number of carbonyl (C=O) groups excluding carboxylic acids is 2. The van der Waals surface area contributed by atoms with Crippen molar-refractivity contribution in [1.29, 1.82) is 0 Å². The first-order valence-electron chi connectivity index (χ1n) is 10.2. The molecule has 0 saturated carbocycles. The number of phenols is 1. The number of aromatic hydroxyl groups is 1. The summed E-state index contributed by atoms with van der Waals surface area (Å²) in [6.07, 6.45) is 0. The number of hydrogen-bond acceptors (Lipinski definition) is 4. The van der Waals surface area contributed by atoms with E-state index in [-0.39, 0.29) is 17.5 Å². The van der Waals surface area contributed by atoms with E-state index >= 15 is 0 Å². The van der Waals surface area contributed by atoms with E-state index in [9.17, 15) is 14.7 Å². The summed E-state index contributed by atoms with van der Waals surface area (Å²) in [4.78, 5) is 23.7. The van der Waals surface area contributed by atoms with E-state index in [1.54, 1.807) is 72.8 Å². The van der Waals surface area contributed by atoms with Crippen LogP contribution in [0.4, 0.5) is 0 Å². The molecule has 0 bridgehead atoms. The first-order valence-corrected chi connectivity index (χ1v) is 17.0. The highest BCUT2D eigenvalue weighted by atomic mass is 79.9. The van der Waals surface area contributed by atoms with Crippen LogP contribution in [0.15, 0.2) is 112 Å². The molecular weight excluding hydrogens is 669 g/mol. The number of carbonyl (C=O) groups is 2. The molecule has 4 rings (SSSR count). The zero-order chi connectivity index (χ0) is 26.5. The third-order valence-electron chi connectivity index (χ3n) is 4.27. The quantitative estimate of drug-likeness (QED) is 0.101. The zero-order valence-electron chi connectivity index (χ0n) is 18.5. The minimum absolute atomic E-state index is 0.00273. The van der Waals surface area contributed by atoms with Crippen LogP contribution in [0.1, 0.15) is 26.3 Å². The van der Waals surface area contributed by atoms with E-state index in [1.165, 1.54) is 6.07 Å². The molecule has 0 fully saturated rings. The predicted molar refractivity (Wildman–Crippen MR) is 155 cm³/mol. The Bertz CT molecular complexity index is 1260. The zero-order valence-corrected chi connectivity index (χ0v) is 25.0. The number of ether oxygens (including phenoxy) is 1. The lowest BCUT2D eigenvalue weighted by Gasteiger charge is -2.04. The molecule has 0 atom stereocenters. The van der Waals surface area contributed by atoms with Gasteiger partial charge in [0.2, 0.25) is 0 Å². The van der Waals surface area contributed by atoms with Crippen LogP contribution >= 0.6 is 62.0 Å². The smallest absolute Gasteiger partial charge is 0.507 e. The molecule has 184 valence electrons. The van der Waals surface area contributed by atoms with Gasteiger partial charge in [-0.15, -0.1) is 0 Å². The summed E-state index contributed by atoms with van der Waals surface area (Å²) >= 11 is 4.87. The lowest BCUT2D eigenvalue weighted by Crippen LogP contribution is -2.07. The minimum Gasteiger partial charge on any atom is -0.507 e. The van der Waals surface area contributed by atoms with Gasteiger partial charge in [0.05, 0.1) is 11.1 Å². The number of halogens is 5. The topological polar surface area (TPSA) is 63.6 Å². The number of phenolic OH excluding ortho intramolecular Hbond substituents is 1. The fourth-order valence-electron chi connectivity index (χ4n) is 2.68. The van der Waals surface area contributed by atoms with Crippen molar-refractivity contribution >= 4 is 85.1 Å². The Hall–Kier alpha value is -1.82. The van der Waals surface area contributed by atoms with Crippen molar-refractivity contribution in [3.8, 4) is 11.5 Å². The standard InChI is InChI=1S/2C13H9BrO2.Al.3ClH/c14-11-6-8-12(9-7-11)16-13(15)10-4-2-1-3-5-10;14-10-6-7-12(15)11(8-10)13(16)9-4-2-1-3-5-9;;;;/h1-9H;1-8,15H;;3*1H/q;;+3;;;/p-3. The fraction of sp³-hybridized carbons (Fsp3) is 0. The van der Waals surface area contributed by atoms with Crippen molar-refractivity contribution in [2.24, 2.45) is 0 Å². The summed E-state index contributed by atoms with van der Waals surface area (Å²) in [5.74, 6) is 0.0106. The predicted octanol–water partition coefficient (Wildman–Crippen LogP) is 8.74. The Morgan fingerprint density at radius 2 is 1.17 bits per heavy atom. The third kappa shape index (κ3) is 11.1. The molecule has 1 N–H and O–H groups in total. The maximum atomic E-state index is 12.0. The first kappa shape index (κ1) is 30.4. The lowest BCUT2D eigenvalue weighted by molar-refractivity contribution is 0.0734. The molecule has 0 amide bonds. The van der Waals surface area contributed by atoms with E-state index in [0.717, 1.165) is 8.95 Å². The summed E-state index contributed by atoms with van der Waals surface area (Å²) in [5, 5.41) is 9.63. The molecule has 0 aromatic heterocycles. The molecule has 0 unspecified atom stereocenters. The Kier molecular flexibility index (Phi) is 13.6. The summed E-state index contributed by atoms with van der Waals surface area (Å²) in [5.41, 5.74) is 1.42. The van der Waals surface area contributed by atoms with Crippen molar-refractivity contribution in [2.75, 3.05) is 0 Å². The van der Waals surface area contributed by atoms with Gasteiger partial charge in [-0.05, 0) is 54.6 Å². The molecule has 36 heavy (non-hydrogen) atoms. The molecule has 0 heterocycles. The van der Waals surface area contributed by atoms with Crippen LogP contribution in [-0.4, -0.2) is 28.2 Å². The number of rotatable bonds is 4. The molecule has 10 heteroatoms. The van der Waals surface area contributed by atoms with Gasteiger partial charge in [0.25, 0.3) is 0 Å². The molecule has 0 saturated heterocycles. The number of hydrogen-bond donors (Lipinski definition) is 1. The van der Waals surface area contributed by atoms with E-state index < -0.39 is 11.4 Å². The molecular formula is C26H18AlBr2Cl3O4. The van der Waals surface area contributed by atoms with Gasteiger partial charge in [0.1, 0.15) is 11.5 Å². The first-order chi connectivity index (χ1) is 17.2. The average Bonchev–Trinajstić information content (AvgIpc) is 2.87. The number of esters is 1. The second-order valence-corrected chi connectivity index (χ2v) is 15.1. The lowest BCUT2D eigenvalue weighted by atomic mass is 10.0. The van der Waals surface area contributed by atoms with Crippen LogP contribution in [0, 0.1) is 0 Å². The normalized spacial score (nSPS) is 9.58. The van der Waals surface area contributed by atoms with Gasteiger partial charge >= 0.3 is 17.4 Å². The van der Waals surface area contributed by atoms with Crippen molar-refractivity contribution in [1.82, 2.24) is 0 Å². The minimum atomic E-state index is -1.72. The molecule has 4 nitrogen and oxygen atoms in total. The van der Waals surface area contributed by atoms with Gasteiger partial charge in [0.15, 0.2) is 5.78 Å². The van der Waals surface area contributed by atoms with Crippen molar-refractivity contribution in [3.05, 3.63) is 129 Å². The van der Waals surface area contributed by atoms with Crippen LogP contribution in [-0.2, 0) is 0 Å². The summed E-state index contributed by atoms with van der Waals surface area (Å²) in [6, 6.07) is 29.7. The van der Waals surface area contributed by atoms with Gasteiger partial charge in [0, 0.05) is 14.5 Å². The van der Waals surface area contributed by atoms with Crippen molar-refractivity contribution < 1.29 is 19.4 Å². The Balaban J connectivity index is 0.000000221. The monoisotopic (exact) mass is 684 g/mol. The molecule has 0 radical (unpaired) electrons. The average molecular weight is 688 g/mol. The Labute approximate surface area is 243 Å². The summed E-state index contributed by atoms with van der Waals surface area (Å²) < 4.78 is 6.91. The molecule has 0 aliphatic heterocycles. The van der Waals surface area contributed by atoms with Gasteiger partial charge in [-0.25, -0.2) is 34.9 Å². The second kappa shape index (κ2) is 16.1. The molecule has 4 aromatic rings. The molecule has 4 aromatic carbocycles. The largest absolute Gasteiger partial charge is 0.643 e. The maximum Gasteiger partial charge on any atom is 0.643 e. The van der Waals surface area contributed by atoms with Gasteiger partial charge in [-0.1, -0.05) is 80.4 Å². The van der Waals surface area contributed by atoms with E-state index in [1.807, 2.05) is 24.3 Å². The highest BCUT2D eigenvalue weighted by molar-refractivity contribution is 9.10. The maximum absolute atomic E-state index is 12.0. The highest BCUT2D eigenvalue weighted by Crippen LogP contribution is 2.24. The Morgan fingerprint density at radius 1 is 0.694 bits per heavy atom. The van der Waals surface area contributed by atoms with Crippen LogP contribution in [0.5, 0.6) is 11.5 Å². The molecule has 0 aliphatic carbocycles. The number of benzene rings is 4. The SMILES string of the molecule is O=C(Oc1ccc(Br)cc1)c1ccccc1.O=C(c1ccccc1)c1cc(Br)ccc1O.[Cl][Al]([Cl])[Cl]. The van der Waals surface area contributed by atoms with Gasteiger partial charge in [-0.3, -0.25) is 4.79 Å². The second-order valence-electron chi connectivity index (χ2n) is 6.81. The summed E-state index contributed by atoms with van der Waals surface area (Å²) in [6.45, 7) is 0. The van der Waals surface area contributed by atoms with Crippen LogP contribution < -0.4 is 4.74 Å². The fourth-order valence-corrected chi connectivity index (χ4v) is 3.30.